The van der Waals surface area contributed by atoms with Crippen molar-refractivity contribution in [2.24, 2.45) is 5.92 Å². The highest BCUT2D eigenvalue weighted by Crippen LogP contribution is 2.16. The molecule has 0 aromatic carbocycles. The molecule has 0 saturated carbocycles. The molecule has 0 bridgehead atoms. The fraction of sp³-hybridized carbons (Fsp3) is 0.533. The minimum atomic E-state index is -0.0520. The van der Waals surface area contributed by atoms with Crippen LogP contribution < -0.4 is 5.32 Å². The van der Waals surface area contributed by atoms with Crippen molar-refractivity contribution < 1.29 is 4.79 Å². The predicted octanol–water partition coefficient (Wildman–Crippen LogP) is 1.48. The first-order valence-electron chi connectivity index (χ1n) is 7.66. The van der Waals surface area contributed by atoms with Gasteiger partial charge in [-0.15, -0.1) is 11.3 Å². The maximum atomic E-state index is 11.9. The number of hydrogen-bond acceptors (Lipinski definition) is 5. The third-order valence-electron chi connectivity index (χ3n) is 4.16. The van der Waals surface area contributed by atoms with Gasteiger partial charge in [-0.2, -0.15) is 0 Å². The Morgan fingerprint density at radius 2 is 2.23 bits per heavy atom. The Labute approximate surface area is 134 Å². The van der Waals surface area contributed by atoms with E-state index in [-0.39, 0.29) is 5.91 Å². The summed E-state index contributed by atoms with van der Waals surface area (Å²) in [7, 11) is 0. The van der Waals surface area contributed by atoms with Gasteiger partial charge in [0.15, 0.2) is 0 Å². The molecule has 0 radical (unpaired) electrons. The average molecular weight is 319 g/mol. The van der Waals surface area contributed by atoms with Crippen LogP contribution in [0.25, 0.3) is 0 Å². The van der Waals surface area contributed by atoms with Gasteiger partial charge in [0.2, 0.25) is 0 Å². The van der Waals surface area contributed by atoms with E-state index in [2.05, 4.69) is 24.8 Å². The number of nitrogens with zero attached hydrogens (tertiary/aromatic N) is 4. The lowest BCUT2D eigenvalue weighted by Gasteiger charge is -2.32. The number of carbonyl (C=O) groups excluding carboxylic acids is 1. The van der Waals surface area contributed by atoms with Crippen molar-refractivity contribution in [2.75, 3.05) is 26.2 Å². The highest BCUT2D eigenvalue weighted by atomic mass is 32.1. The van der Waals surface area contributed by atoms with Crippen molar-refractivity contribution in [3.8, 4) is 0 Å². The molecule has 7 heteroatoms. The highest BCUT2D eigenvalue weighted by molar-refractivity contribution is 7.07. The van der Waals surface area contributed by atoms with Gasteiger partial charge in [-0.3, -0.25) is 4.79 Å². The largest absolute Gasteiger partial charge is 0.350 e. The minimum absolute atomic E-state index is 0.0520. The van der Waals surface area contributed by atoms with E-state index in [9.17, 15) is 4.79 Å². The standard InChI is InChI=1S/C15H21N5OS/c21-15(14-10-22-12-18-14)17-9-13-1-4-19(5-2-13)7-8-20-6-3-16-11-20/h3,6,10-13H,1-2,4-5,7-9H2,(H,17,21). The Morgan fingerprint density at radius 1 is 1.36 bits per heavy atom. The number of rotatable bonds is 6. The molecule has 1 amide bonds. The van der Waals surface area contributed by atoms with Crippen molar-refractivity contribution >= 4 is 17.2 Å². The fourth-order valence-electron chi connectivity index (χ4n) is 2.74. The summed E-state index contributed by atoms with van der Waals surface area (Å²) in [4.78, 5) is 22.4. The normalized spacial score (nSPS) is 16.7. The van der Waals surface area contributed by atoms with Gasteiger partial charge in [-0.05, 0) is 31.8 Å². The van der Waals surface area contributed by atoms with Crippen molar-refractivity contribution in [3.05, 3.63) is 35.3 Å². The van der Waals surface area contributed by atoms with E-state index in [1.807, 2.05) is 18.7 Å². The molecule has 0 spiro atoms. The second kappa shape index (κ2) is 7.51. The average Bonchev–Trinajstić information content (AvgIpc) is 3.24. The number of imidazole rings is 1. The smallest absolute Gasteiger partial charge is 0.270 e. The zero-order chi connectivity index (χ0) is 15.2. The lowest BCUT2D eigenvalue weighted by molar-refractivity contribution is 0.0931. The van der Waals surface area contributed by atoms with E-state index in [0.717, 1.165) is 45.6 Å². The monoisotopic (exact) mass is 319 g/mol. The van der Waals surface area contributed by atoms with Crippen LogP contribution in [0.1, 0.15) is 23.3 Å². The number of carbonyl (C=O) groups is 1. The first-order valence-corrected chi connectivity index (χ1v) is 8.60. The van der Waals surface area contributed by atoms with E-state index >= 15 is 0 Å². The van der Waals surface area contributed by atoms with Crippen LogP contribution in [0.5, 0.6) is 0 Å². The molecule has 6 nitrogen and oxygen atoms in total. The van der Waals surface area contributed by atoms with Crippen LogP contribution in [0.15, 0.2) is 29.6 Å². The van der Waals surface area contributed by atoms with Gasteiger partial charge in [0.1, 0.15) is 5.69 Å². The van der Waals surface area contributed by atoms with E-state index in [0.29, 0.717) is 11.6 Å². The third kappa shape index (κ3) is 4.14. The summed E-state index contributed by atoms with van der Waals surface area (Å²) in [5.41, 5.74) is 2.22. The third-order valence-corrected chi connectivity index (χ3v) is 4.74. The second-order valence-corrected chi connectivity index (χ2v) is 6.39. The quantitative estimate of drug-likeness (QED) is 0.876. The Kier molecular flexibility index (Phi) is 5.18. The molecule has 2 aromatic heterocycles. The molecule has 1 saturated heterocycles. The van der Waals surface area contributed by atoms with Gasteiger partial charge < -0.3 is 14.8 Å². The van der Waals surface area contributed by atoms with Crippen LogP contribution in [0.4, 0.5) is 0 Å². The minimum Gasteiger partial charge on any atom is -0.350 e. The zero-order valence-electron chi connectivity index (χ0n) is 12.5. The Morgan fingerprint density at radius 3 is 2.91 bits per heavy atom. The number of thiazole rings is 1. The molecule has 1 aliphatic heterocycles. The summed E-state index contributed by atoms with van der Waals surface area (Å²) in [5.74, 6) is 0.524. The fourth-order valence-corrected chi connectivity index (χ4v) is 3.27. The SMILES string of the molecule is O=C(NCC1CCN(CCn2ccnc2)CC1)c1cscn1. The van der Waals surface area contributed by atoms with Gasteiger partial charge in [0.25, 0.3) is 5.91 Å². The first kappa shape index (κ1) is 15.2. The molecule has 0 atom stereocenters. The van der Waals surface area contributed by atoms with Crippen LogP contribution >= 0.6 is 11.3 Å². The van der Waals surface area contributed by atoms with Crippen LogP contribution in [0.3, 0.4) is 0 Å². The number of hydrogen-bond donors (Lipinski definition) is 1. The van der Waals surface area contributed by atoms with Gasteiger partial charge in [-0.25, -0.2) is 9.97 Å². The van der Waals surface area contributed by atoms with Crippen molar-refractivity contribution in [3.63, 3.8) is 0 Å². The van der Waals surface area contributed by atoms with Gasteiger partial charge in [0.05, 0.1) is 11.8 Å². The van der Waals surface area contributed by atoms with E-state index in [1.165, 1.54) is 11.3 Å². The van der Waals surface area contributed by atoms with Crippen molar-refractivity contribution in [2.45, 2.75) is 19.4 Å². The number of amides is 1. The number of nitrogens with one attached hydrogen (secondary N) is 1. The van der Waals surface area contributed by atoms with Crippen molar-refractivity contribution in [1.29, 1.82) is 0 Å². The summed E-state index contributed by atoms with van der Waals surface area (Å²) in [6.45, 7) is 5.02. The van der Waals surface area contributed by atoms with E-state index in [1.54, 1.807) is 10.9 Å². The number of aromatic nitrogens is 3. The molecular weight excluding hydrogens is 298 g/mol. The summed E-state index contributed by atoms with van der Waals surface area (Å²) in [6, 6.07) is 0. The van der Waals surface area contributed by atoms with Gasteiger partial charge >= 0.3 is 0 Å². The lowest BCUT2D eigenvalue weighted by atomic mass is 9.97. The van der Waals surface area contributed by atoms with E-state index in [4.69, 9.17) is 0 Å². The zero-order valence-corrected chi connectivity index (χ0v) is 13.3. The summed E-state index contributed by atoms with van der Waals surface area (Å²) in [6.07, 6.45) is 7.96. The predicted molar refractivity (Wildman–Crippen MR) is 85.8 cm³/mol. The second-order valence-electron chi connectivity index (χ2n) is 5.67. The molecule has 1 aliphatic rings. The molecule has 3 heterocycles. The topological polar surface area (TPSA) is 63.1 Å². The highest BCUT2D eigenvalue weighted by Gasteiger charge is 2.20. The molecule has 0 unspecified atom stereocenters. The molecular formula is C15H21N5OS. The lowest BCUT2D eigenvalue weighted by Crippen LogP contribution is -2.39. The number of piperidine rings is 1. The summed E-state index contributed by atoms with van der Waals surface area (Å²) < 4.78 is 2.11. The Balaban J connectivity index is 1.34. The van der Waals surface area contributed by atoms with Crippen LogP contribution in [-0.2, 0) is 6.54 Å². The molecule has 22 heavy (non-hydrogen) atoms. The van der Waals surface area contributed by atoms with Crippen LogP contribution in [-0.4, -0.2) is 51.5 Å². The van der Waals surface area contributed by atoms with Gasteiger partial charge in [0, 0.05) is 37.4 Å². The van der Waals surface area contributed by atoms with Crippen molar-refractivity contribution in [1.82, 2.24) is 24.8 Å². The molecule has 118 valence electrons. The Hall–Kier alpha value is -1.73. The Bertz CT molecular complexity index is 561. The van der Waals surface area contributed by atoms with Gasteiger partial charge in [-0.1, -0.05) is 0 Å². The molecule has 1 fully saturated rings. The number of likely N-dealkylation sites (tertiary alicyclic amines) is 1. The van der Waals surface area contributed by atoms with E-state index < -0.39 is 0 Å². The van der Waals surface area contributed by atoms with Crippen LogP contribution in [0.2, 0.25) is 0 Å². The maximum Gasteiger partial charge on any atom is 0.270 e. The first-order chi connectivity index (χ1) is 10.8. The maximum absolute atomic E-state index is 11.9. The summed E-state index contributed by atoms with van der Waals surface area (Å²) >= 11 is 1.45. The summed E-state index contributed by atoms with van der Waals surface area (Å²) in [5, 5.41) is 4.78. The van der Waals surface area contributed by atoms with Crippen LogP contribution in [0, 0.1) is 5.92 Å². The molecule has 1 N–H and O–H groups in total. The molecule has 0 aliphatic carbocycles. The molecule has 2 aromatic rings. The molecule has 3 rings (SSSR count).